The van der Waals surface area contributed by atoms with E-state index in [0.717, 1.165) is 32.5 Å². The lowest BCUT2D eigenvalue weighted by atomic mass is 9.99. The fourth-order valence-electron chi connectivity index (χ4n) is 3.36. The first-order valence-electron chi connectivity index (χ1n) is 10.1. The molecule has 0 amide bonds. The topological polar surface area (TPSA) is 18.5 Å². The van der Waals surface area contributed by atoms with Gasteiger partial charge in [0.15, 0.2) is 5.79 Å². The van der Waals surface area contributed by atoms with Gasteiger partial charge < -0.3 is 9.47 Å². The van der Waals surface area contributed by atoms with Crippen molar-refractivity contribution in [3.63, 3.8) is 0 Å². The summed E-state index contributed by atoms with van der Waals surface area (Å²) in [4.78, 5) is 0. The van der Waals surface area contributed by atoms with Crippen LogP contribution in [0.2, 0.25) is 0 Å². The quantitative estimate of drug-likeness (QED) is 0.335. The smallest absolute Gasteiger partial charge is 0.168 e. The summed E-state index contributed by atoms with van der Waals surface area (Å²) in [6.07, 6.45) is 19.6. The maximum absolute atomic E-state index is 6.03. The van der Waals surface area contributed by atoms with Crippen molar-refractivity contribution >= 4 is 0 Å². The lowest BCUT2D eigenvalue weighted by Crippen LogP contribution is -2.40. The maximum atomic E-state index is 6.03. The zero-order chi connectivity index (χ0) is 15.9. The fraction of sp³-hybridized carbons (Fsp3) is 1.00. The second kappa shape index (κ2) is 13.4. The molecule has 0 N–H and O–H groups in total. The van der Waals surface area contributed by atoms with Crippen molar-refractivity contribution in [3.8, 4) is 0 Å². The van der Waals surface area contributed by atoms with Gasteiger partial charge in [0.1, 0.15) is 0 Å². The second-order valence-electron chi connectivity index (χ2n) is 7.00. The van der Waals surface area contributed by atoms with E-state index in [1.807, 2.05) is 0 Å². The molecule has 0 aromatic carbocycles. The first-order chi connectivity index (χ1) is 10.8. The summed E-state index contributed by atoms with van der Waals surface area (Å²) in [7, 11) is 0. The first kappa shape index (κ1) is 20.0. The zero-order valence-electron chi connectivity index (χ0n) is 15.3. The van der Waals surface area contributed by atoms with Crippen LogP contribution in [0.3, 0.4) is 0 Å². The Morgan fingerprint density at radius 3 is 1.59 bits per heavy atom. The van der Waals surface area contributed by atoms with Gasteiger partial charge in [-0.05, 0) is 19.3 Å². The van der Waals surface area contributed by atoms with Gasteiger partial charge in [-0.1, -0.05) is 78.1 Å². The van der Waals surface area contributed by atoms with Crippen molar-refractivity contribution in [1.29, 1.82) is 0 Å². The predicted octanol–water partition coefficient (Wildman–Crippen LogP) is 6.62. The van der Waals surface area contributed by atoms with Crippen molar-refractivity contribution in [2.75, 3.05) is 13.2 Å². The molecule has 0 aliphatic carbocycles. The molecule has 0 atom stereocenters. The van der Waals surface area contributed by atoms with Gasteiger partial charge in [0.2, 0.25) is 0 Å². The van der Waals surface area contributed by atoms with Crippen molar-refractivity contribution < 1.29 is 9.47 Å². The molecule has 132 valence electrons. The summed E-state index contributed by atoms with van der Waals surface area (Å²) >= 11 is 0. The monoisotopic (exact) mass is 312 g/mol. The van der Waals surface area contributed by atoms with Gasteiger partial charge in [-0.3, -0.25) is 0 Å². The molecule has 1 saturated heterocycles. The highest BCUT2D eigenvalue weighted by atomic mass is 16.7. The summed E-state index contributed by atoms with van der Waals surface area (Å²) in [5.41, 5.74) is 0. The van der Waals surface area contributed by atoms with Gasteiger partial charge in [0.25, 0.3) is 0 Å². The number of rotatable bonds is 14. The molecule has 1 aliphatic rings. The molecule has 0 aromatic heterocycles. The minimum absolute atomic E-state index is 0.228. The third-order valence-corrected chi connectivity index (χ3v) is 4.84. The predicted molar refractivity (Wildman–Crippen MR) is 95.2 cm³/mol. The number of unbranched alkanes of at least 4 members (excludes halogenated alkanes) is 10. The van der Waals surface area contributed by atoms with Crippen LogP contribution in [0.1, 0.15) is 110 Å². The zero-order valence-corrected chi connectivity index (χ0v) is 15.3. The average molecular weight is 313 g/mol. The van der Waals surface area contributed by atoms with Crippen LogP contribution in [-0.4, -0.2) is 19.0 Å². The number of hydrogen-bond acceptors (Lipinski definition) is 2. The molecule has 22 heavy (non-hydrogen) atoms. The molecule has 1 aliphatic heterocycles. The van der Waals surface area contributed by atoms with Crippen molar-refractivity contribution in [2.24, 2.45) is 0 Å². The van der Waals surface area contributed by atoms with Crippen molar-refractivity contribution in [2.45, 2.75) is 116 Å². The van der Waals surface area contributed by atoms with Crippen LogP contribution < -0.4 is 0 Å². The fourth-order valence-corrected chi connectivity index (χ4v) is 3.36. The largest absolute Gasteiger partial charge is 0.350 e. The van der Waals surface area contributed by atoms with Crippen LogP contribution in [0, 0.1) is 0 Å². The minimum atomic E-state index is -0.228. The molecule has 0 radical (unpaired) electrons. The summed E-state index contributed by atoms with van der Waals surface area (Å²) < 4.78 is 12.1. The molecule has 2 nitrogen and oxygen atoms in total. The Morgan fingerprint density at radius 1 is 0.591 bits per heavy atom. The third kappa shape index (κ3) is 9.15. The molecule has 1 rings (SSSR count). The maximum Gasteiger partial charge on any atom is 0.168 e. The molecule has 1 fully saturated rings. The molecular formula is C20H40O2. The van der Waals surface area contributed by atoms with Gasteiger partial charge >= 0.3 is 0 Å². The second-order valence-corrected chi connectivity index (χ2v) is 7.00. The highest BCUT2D eigenvalue weighted by molar-refractivity contribution is 4.73. The number of hydrogen-bond donors (Lipinski definition) is 0. The van der Waals surface area contributed by atoms with E-state index in [9.17, 15) is 0 Å². The highest BCUT2D eigenvalue weighted by Crippen LogP contribution is 2.31. The van der Waals surface area contributed by atoms with Gasteiger partial charge in [-0.2, -0.15) is 0 Å². The lowest BCUT2D eigenvalue weighted by molar-refractivity contribution is -0.274. The Morgan fingerprint density at radius 2 is 1.05 bits per heavy atom. The van der Waals surface area contributed by atoms with E-state index in [1.165, 1.54) is 77.0 Å². The molecule has 0 unspecified atom stereocenters. The van der Waals surface area contributed by atoms with Crippen LogP contribution >= 0.6 is 0 Å². The van der Waals surface area contributed by atoms with Gasteiger partial charge in [-0.25, -0.2) is 0 Å². The molecular weight excluding hydrogens is 272 g/mol. The third-order valence-electron chi connectivity index (χ3n) is 4.84. The minimum Gasteiger partial charge on any atom is -0.350 e. The Bertz CT molecular complexity index is 234. The Kier molecular flexibility index (Phi) is 12.1. The molecule has 0 bridgehead atoms. The van der Waals surface area contributed by atoms with Gasteiger partial charge in [0, 0.05) is 12.8 Å². The van der Waals surface area contributed by atoms with E-state index in [0.29, 0.717) is 0 Å². The van der Waals surface area contributed by atoms with Gasteiger partial charge in [-0.15, -0.1) is 0 Å². The average Bonchev–Trinajstić information content (AvgIpc) is 2.56. The van der Waals surface area contributed by atoms with Crippen molar-refractivity contribution in [1.82, 2.24) is 0 Å². The summed E-state index contributed by atoms with van der Waals surface area (Å²) in [5, 5.41) is 0. The van der Waals surface area contributed by atoms with Crippen LogP contribution in [0.25, 0.3) is 0 Å². The van der Waals surface area contributed by atoms with E-state index in [1.54, 1.807) is 0 Å². The molecule has 2 heteroatoms. The van der Waals surface area contributed by atoms with Gasteiger partial charge in [0.05, 0.1) is 13.2 Å². The highest BCUT2D eigenvalue weighted by Gasteiger charge is 2.33. The number of ether oxygens (including phenoxy) is 2. The molecule has 0 spiro atoms. The molecule has 1 heterocycles. The van der Waals surface area contributed by atoms with E-state index in [4.69, 9.17) is 9.47 Å². The first-order valence-corrected chi connectivity index (χ1v) is 10.1. The van der Waals surface area contributed by atoms with E-state index >= 15 is 0 Å². The van der Waals surface area contributed by atoms with E-state index in [-0.39, 0.29) is 5.79 Å². The van der Waals surface area contributed by atoms with Crippen molar-refractivity contribution in [3.05, 3.63) is 0 Å². The Labute approximate surface area is 139 Å². The normalized spacial score (nSPS) is 17.7. The Hall–Kier alpha value is -0.0800. The van der Waals surface area contributed by atoms with Crippen LogP contribution in [0.5, 0.6) is 0 Å². The van der Waals surface area contributed by atoms with E-state index < -0.39 is 0 Å². The SMILES string of the molecule is CCCCCCCCCCCCC1(CCCC)OCCCO1. The van der Waals surface area contributed by atoms with Crippen LogP contribution in [-0.2, 0) is 9.47 Å². The molecule has 0 saturated carbocycles. The summed E-state index contributed by atoms with van der Waals surface area (Å²) in [6, 6.07) is 0. The Balaban J connectivity index is 2.01. The summed E-state index contributed by atoms with van der Waals surface area (Å²) in [6.45, 7) is 6.31. The van der Waals surface area contributed by atoms with Crippen LogP contribution in [0.4, 0.5) is 0 Å². The van der Waals surface area contributed by atoms with Crippen LogP contribution in [0.15, 0.2) is 0 Å². The standard InChI is InChI=1S/C20H40O2/c1-3-5-7-8-9-10-11-12-13-14-17-20(16-6-4-2)21-18-15-19-22-20/h3-19H2,1-2H3. The lowest BCUT2D eigenvalue weighted by Gasteiger charge is -2.37. The molecule has 0 aromatic rings. The summed E-state index contributed by atoms with van der Waals surface area (Å²) in [5.74, 6) is -0.228. The van der Waals surface area contributed by atoms with E-state index in [2.05, 4.69) is 13.8 Å².